The molecule has 0 saturated carbocycles. The molecule has 3 aliphatic heterocycles. The third kappa shape index (κ3) is 2.75. The average molecular weight is 390 g/mol. The summed E-state index contributed by atoms with van der Waals surface area (Å²) in [4.78, 5) is 2.39. The molecule has 136 valence electrons. The molecule has 6 nitrogen and oxygen atoms in total. The maximum Gasteiger partial charge on any atom is 0.168 e. The molecule has 0 aliphatic carbocycles. The van der Waals surface area contributed by atoms with Gasteiger partial charge in [-0.1, -0.05) is 11.6 Å². The number of aromatic nitrogens is 2. The van der Waals surface area contributed by atoms with Gasteiger partial charge in [0.2, 0.25) is 0 Å². The van der Waals surface area contributed by atoms with E-state index in [-0.39, 0.29) is 0 Å². The van der Waals surface area contributed by atoms with Gasteiger partial charge in [-0.3, -0.25) is 0 Å². The minimum absolute atomic E-state index is 0.497. The Morgan fingerprint density at radius 2 is 2.15 bits per heavy atom. The van der Waals surface area contributed by atoms with Gasteiger partial charge in [0.25, 0.3) is 0 Å². The molecule has 0 radical (unpaired) electrons. The number of halogens is 1. The number of piperazine rings is 1. The monoisotopic (exact) mass is 389 g/mol. The lowest BCUT2D eigenvalue weighted by Crippen LogP contribution is -2.61. The molecule has 3 unspecified atom stereocenters. The first-order chi connectivity index (χ1) is 12.7. The quantitative estimate of drug-likeness (QED) is 0.598. The average Bonchev–Trinajstić information content (AvgIpc) is 3.28. The zero-order chi connectivity index (χ0) is 17.7. The Bertz CT molecular complexity index is 933. The second-order valence-electron chi connectivity index (χ2n) is 6.93. The van der Waals surface area contributed by atoms with Crippen molar-refractivity contribution in [3.05, 3.63) is 45.7 Å². The fourth-order valence-electron chi connectivity index (χ4n) is 3.96. The highest BCUT2D eigenvalue weighted by Gasteiger charge is 2.34. The van der Waals surface area contributed by atoms with Crippen LogP contribution in [0.3, 0.4) is 0 Å². The van der Waals surface area contributed by atoms with Gasteiger partial charge in [-0.15, -0.1) is 16.4 Å². The molecule has 6 rings (SSSR count). The predicted octanol–water partition coefficient (Wildman–Crippen LogP) is 3.09. The zero-order valence-electron chi connectivity index (χ0n) is 14.1. The Kier molecular flexibility index (Phi) is 4.04. The first kappa shape index (κ1) is 16.4. The number of rotatable bonds is 4. The van der Waals surface area contributed by atoms with Crippen molar-refractivity contribution >= 4 is 40.0 Å². The molecule has 2 bridgehead atoms. The summed E-state index contributed by atoms with van der Waals surface area (Å²) in [7, 11) is 0. The Labute approximate surface area is 160 Å². The number of aliphatic hydroxyl groups is 1. The summed E-state index contributed by atoms with van der Waals surface area (Å²) in [5.41, 5.74) is 2.39. The molecule has 26 heavy (non-hydrogen) atoms. The van der Waals surface area contributed by atoms with Gasteiger partial charge < -0.3 is 20.6 Å². The highest BCUT2D eigenvalue weighted by atomic mass is 35.5. The third-order valence-corrected chi connectivity index (χ3v) is 6.52. The van der Waals surface area contributed by atoms with Crippen LogP contribution in [-0.2, 0) is 0 Å². The second kappa shape index (κ2) is 6.42. The number of thiophene rings is 1. The van der Waals surface area contributed by atoms with E-state index >= 15 is 0 Å². The summed E-state index contributed by atoms with van der Waals surface area (Å²) in [6.45, 7) is 2.01. The number of hydrogen-bond acceptors (Lipinski definition) is 6. The number of anilines is 2. The van der Waals surface area contributed by atoms with Gasteiger partial charge in [0, 0.05) is 25.2 Å². The van der Waals surface area contributed by atoms with Gasteiger partial charge in [0.15, 0.2) is 6.23 Å². The molecule has 3 saturated heterocycles. The fourth-order valence-corrected chi connectivity index (χ4v) is 4.81. The zero-order valence-corrected chi connectivity index (χ0v) is 15.7. The second-order valence-corrected chi connectivity index (χ2v) is 8.45. The molecular weight excluding hydrogens is 370 g/mol. The normalized spacial score (nSPS) is 23.5. The summed E-state index contributed by atoms with van der Waals surface area (Å²) < 4.78 is 2.46. The van der Waals surface area contributed by atoms with E-state index in [1.807, 2.05) is 28.1 Å². The highest BCUT2D eigenvalue weighted by Crippen LogP contribution is 2.31. The maximum atomic E-state index is 10.7. The summed E-state index contributed by atoms with van der Waals surface area (Å²) in [5, 5.41) is 24.0. The van der Waals surface area contributed by atoms with E-state index in [1.165, 1.54) is 24.2 Å². The number of hydrogen-bond donors (Lipinski definition) is 3. The Morgan fingerprint density at radius 1 is 1.27 bits per heavy atom. The van der Waals surface area contributed by atoms with Crippen molar-refractivity contribution in [2.24, 2.45) is 0 Å². The van der Waals surface area contributed by atoms with Crippen molar-refractivity contribution in [2.75, 3.05) is 23.3 Å². The van der Waals surface area contributed by atoms with Crippen molar-refractivity contribution < 1.29 is 5.11 Å². The molecular formula is C18H20ClN5OS. The van der Waals surface area contributed by atoms with Crippen LogP contribution in [0, 0.1) is 0 Å². The smallest absolute Gasteiger partial charge is 0.168 e. The maximum absolute atomic E-state index is 10.7. The Morgan fingerprint density at radius 3 is 2.85 bits per heavy atom. The third-order valence-electron chi connectivity index (χ3n) is 5.35. The van der Waals surface area contributed by atoms with Crippen LogP contribution in [0.25, 0.3) is 5.52 Å². The van der Waals surface area contributed by atoms with Crippen molar-refractivity contribution in [1.82, 2.24) is 14.9 Å². The van der Waals surface area contributed by atoms with Crippen molar-refractivity contribution in [3.63, 3.8) is 0 Å². The molecule has 3 N–H and O–H groups in total. The van der Waals surface area contributed by atoms with Crippen LogP contribution in [0.15, 0.2) is 35.7 Å². The summed E-state index contributed by atoms with van der Waals surface area (Å²) >= 11 is 7.57. The number of piperidine rings is 2. The van der Waals surface area contributed by atoms with E-state index in [0.717, 1.165) is 30.1 Å². The number of nitrogens with zero attached hydrogens (tertiary/aromatic N) is 3. The van der Waals surface area contributed by atoms with Crippen molar-refractivity contribution in [3.8, 4) is 0 Å². The van der Waals surface area contributed by atoms with Crippen LogP contribution in [0.1, 0.15) is 24.8 Å². The van der Waals surface area contributed by atoms with Crippen molar-refractivity contribution in [2.45, 2.75) is 31.2 Å². The first-order valence-corrected chi connectivity index (χ1v) is 10.1. The predicted molar refractivity (Wildman–Crippen MR) is 105 cm³/mol. The van der Waals surface area contributed by atoms with E-state index in [2.05, 4.69) is 27.7 Å². The lowest BCUT2D eigenvalue weighted by atomic mass is 9.93. The minimum Gasteiger partial charge on any atom is -0.368 e. The van der Waals surface area contributed by atoms with Crippen LogP contribution in [-0.4, -0.2) is 39.9 Å². The number of aliphatic hydroxyl groups excluding tert-OH is 1. The van der Waals surface area contributed by atoms with Crippen LogP contribution in [0.5, 0.6) is 0 Å². The Hall–Kier alpha value is -1.80. The number of fused-ring (bicyclic) bond motifs is 4. The molecule has 8 heteroatoms. The Balaban J connectivity index is 1.46. The minimum atomic E-state index is -0.883. The molecule has 0 amide bonds. The fraction of sp³-hybridized carbons (Fsp3) is 0.389. The van der Waals surface area contributed by atoms with Gasteiger partial charge in [-0.25, -0.2) is 4.52 Å². The van der Waals surface area contributed by atoms with Gasteiger partial charge >= 0.3 is 0 Å². The summed E-state index contributed by atoms with van der Waals surface area (Å²) in [6, 6.07) is 10.9. The van der Waals surface area contributed by atoms with E-state index in [4.69, 9.17) is 16.7 Å². The van der Waals surface area contributed by atoms with Crippen molar-refractivity contribution in [1.29, 1.82) is 0 Å². The molecule has 3 aliphatic rings. The first-order valence-electron chi connectivity index (χ1n) is 8.85. The highest BCUT2D eigenvalue weighted by molar-refractivity contribution is 7.15. The topological polar surface area (TPSA) is 64.8 Å². The van der Waals surface area contributed by atoms with Gasteiger partial charge in [-0.2, -0.15) is 0 Å². The molecule has 3 aromatic heterocycles. The van der Waals surface area contributed by atoms with Gasteiger partial charge in [0.1, 0.15) is 10.2 Å². The summed E-state index contributed by atoms with van der Waals surface area (Å²) in [5.74, 6) is 0.965. The standard InChI is InChI=1S/C18H20ClN5OS/c19-17-14(7-8-26-17)21-18(25)15-5-3-12-4-6-16(22-24(12)15)23-10-11-1-2-13(23)9-20-11/h3-8,11,13,18,20-21,25H,1-2,9-10H2. The van der Waals surface area contributed by atoms with Crippen LogP contribution >= 0.6 is 22.9 Å². The van der Waals surface area contributed by atoms with E-state index < -0.39 is 6.23 Å². The van der Waals surface area contributed by atoms with Gasteiger partial charge in [0.05, 0.1) is 16.9 Å². The van der Waals surface area contributed by atoms with E-state index in [0.29, 0.717) is 22.1 Å². The van der Waals surface area contributed by atoms with E-state index in [1.54, 1.807) is 0 Å². The van der Waals surface area contributed by atoms with Gasteiger partial charge in [-0.05, 0) is 48.6 Å². The summed E-state index contributed by atoms with van der Waals surface area (Å²) in [6.07, 6.45) is 1.56. The van der Waals surface area contributed by atoms with E-state index in [9.17, 15) is 5.11 Å². The van der Waals surface area contributed by atoms with Crippen LogP contribution < -0.4 is 15.5 Å². The SMILES string of the molecule is OC(Nc1ccsc1Cl)c1ccc2ccc(N3CC4CCC3CN4)nn12. The largest absolute Gasteiger partial charge is 0.368 e. The lowest BCUT2D eigenvalue weighted by Gasteiger charge is -2.46. The molecule has 3 fully saturated rings. The van der Waals surface area contributed by atoms with Crippen LogP contribution in [0.4, 0.5) is 11.5 Å². The number of nitrogens with one attached hydrogen (secondary N) is 2. The molecule has 6 heterocycles. The van der Waals surface area contributed by atoms with Crippen LogP contribution in [0.2, 0.25) is 4.34 Å². The molecule has 0 aromatic carbocycles. The molecule has 3 atom stereocenters. The molecule has 0 spiro atoms. The lowest BCUT2D eigenvalue weighted by molar-refractivity contribution is 0.201. The molecule has 3 aromatic rings.